The minimum Gasteiger partial charge on any atom is -0.721 e. The van der Waals surface area contributed by atoms with E-state index in [1.54, 1.807) is 34.6 Å². The average molecular weight is 616 g/mol. The first kappa shape index (κ1) is 37.4. The summed E-state index contributed by atoms with van der Waals surface area (Å²) in [4.78, 5) is 91.1. The number of carbonyl (C=O) groups excluding carboxylic acids is 7. The highest BCUT2D eigenvalue weighted by molar-refractivity contribution is 6.01. The third kappa shape index (κ3) is 16.0. The minimum absolute atomic E-state index is 0.0114. The van der Waals surface area contributed by atoms with Crippen molar-refractivity contribution in [1.29, 1.82) is 0 Å². The highest BCUT2D eigenvalue weighted by Gasteiger charge is 2.33. The van der Waals surface area contributed by atoms with E-state index in [0.29, 0.717) is 30.7 Å². The second-order valence-corrected chi connectivity index (χ2v) is 11.3. The molecule has 15 heteroatoms. The molecule has 1 heterocycles. The summed E-state index contributed by atoms with van der Waals surface area (Å²) in [5, 5.41) is 11.5. The molecule has 0 unspecified atom stereocenters. The molecule has 0 atom stereocenters. The number of hydroxylamine groups is 4. The molecule has 0 aromatic carbocycles. The summed E-state index contributed by atoms with van der Waals surface area (Å²) < 4.78 is 16.6. The molecular weight excluding hydrogens is 572 g/mol. The van der Waals surface area contributed by atoms with Gasteiger partial charge in [0, 0.05) is 44.9 Å². The Hall–Kier alpha value is -3.59. The second-order valence-electron chi connectivity index (χ2n) is 11.3. The zero-order chi connectivity index (χ0) is 32.6. The lowest BCUT2D eigenvalue weighted by atomic mass is 10.1. The van der Waals surface area contributed by atoms with E-state index in [2.05, 4.69) is 4.84 Å². The lowest BCUT2D eigenvalue weighted by Crippen LogP contribution is -2.43. The van der Waals surface area contributed by atoms with Gasteiger partial charge < -0.3 is 29.1 Å². The van der Waals surface area contributed by atoms with Gasteiger partial charge in [0.25, 0.3) is 11.8 Å². The first-order valence-electron chi connectivity index (χ1n) is 14.3. The molecule has 0 N–H and O–H groups in total. The Bertz CT molecular complexity index is 993. The maximum absolute atomic E-state index is 12.1. The van der Waals surface area contributed by atoms with E-state index in [0.717, 1.165) is 0 Å². The van der Waals surface area contributed by atoms with Crippen LogP contribution in [0, 0.1) is 5.21 Å². The predicted molar refractivity (Wildman–Crippen MR) is 146 cm³/mol. The third-order valence-corrected chi connectivity index (χ3v) is 5.79. The number of ether oxygens (including phenoxy) is 3. The third-order valence-electron chi connectivity index (χ3n) is 5.79. The molecule has 0 aromatic rings. The number of nitrogens with zero attached hydrogens (tertiary/aromatic N) is 2. The molecule has 0 saturated carbocycles. The normalized spacial score (nSPS) is 13.5. The molecule has 0 aliphatic carbocycles. The van der Waals surface area contributed by atoms with E-state index < -0.39 is 52.8 Å². The van der Waals surface area contributed by atoms with Crippen molar-refractivity contribution >= 4 is 41.6 Å². The van der Waals surface area contributed by atoms with Gasteiger partial charge >= 0.3 is 23.9 Å². The maximum Gasteiger partial charge on any atom is 0.333 e. The average Bonchev–Trinajstić information content (AvgIpc) is 3.23. The fourth-order valence-corrected chi connectivity index (χ4v) is 3.84. The number of hydrogen-bond donors (Lipinski definition) is 0. The number of imide groups is 1. The zero-order valence-electron chi connectivity index (χ0n) is 25.6. The molecule has 1 rings (SSSR count). The lowest BCUT2D eigenvalue weighted by molar-refractivity contribution is -0.197. The summed E-state index contributed by atoms with van der Waals surface area (Å²) in [6.45, 7) is 8.37. The van der Waals surface area contributed by atoms with Crippen LogP contribution in [-0.2, 0) is 57.4 Å². The minimum atomic E-state index is -0.920. The summed E-state index contributed by atoms with van der Waals surface area (Å²) in [6.07, 6.45) is 1.48. The first-order valence-corrected chi connectivity index (χ1v) is 14.3. The number of rotatable bonds is 19. The SMILES string of the molecule is CCCC(=O)N([O-])OC(=O)CCCCC(=O)OCC(C)(C)OC(C)(C)COC(=O)CCCCC(=O)ON1C(=O)CCC1=O. The molecule has 0 radical (unpaired) electrons. The molecule has 43 heavy (non-hydrogen) atoms. The van der Waals surface area contributed by atoms with Crippen molar-refractivity contribution in [2.24, 2.45) is 0 Å². The van der Waals surface area contributed by atoms with E-state index >= 15 is 0 Å². The Balaban J connectivity index is 2.23. The molecule has 0 aromatic heterocycles. The summed E-state index contributed by atoms with van der Waals surface area (Å²) in [5.74, 6) is -4.56. The summed E-state index contributed by atoms with van der Waals surface area (Å²) in [5.41, 5.74) is -1.84. The molecular formula is C28H43N2O13-. The van der Waals surface area contributed by atoms with Gasteiger partial charge in [-0.2, -0.15) is 0 Å². The quantitative estimate of drug-likeness (QED) is 0.0891. The predicted octanol–water partition coefficient (Wildman–Crippen LogP) is 2.96. The monoisotopic (exact) mass is 615 g/mol. The van der Waals surface area contributed by atoms with Gasteiger partial charge in [0.2, 0.25) is 5.91 Å². The van der Waals surface area contributed by atoms with Crippen LogP contribution in [-0.4, -0.2) is 76.3 Å². The van der Waals surface area contributed by atoms with Gasteiger partial charge in [-0.3, -0.25) is 24.0 Å². The van der Waals surface area contributed by atoms with Crippen LogP contribution >= 0.6 is 0 Å². The van der Waals surface area contributed by atoms with Crippen molar-refractivity contribution in [2.45, 2.75) is 123 Å². The molecule has 1 fully saturated rings. The van der Waals surface area contributed by atoms with Gasteiger partial charge in [-0.15, -0.1) is 5.06 Å². The van der Waals surface area contributed by atoms with E-state index in [9.17, 15) is 38.8 Å². The van der Waals surface area contributed by atoms with Crippen molar-refractivity contribution < 1.29 is 57.4 Å². The molecule has 15 nitrogen and oxygen atoms in total. The van der Waals surface area contributed by atoms with Crippen molar-refractivity contribution in [3.63, 3.8) is 0 Å². The fraction of sp³-hybridized carbons (Fsp3) is 0.750. The maximum atomic E-state index is 12.1. The van der Waals surface area contributed by atoms with Gasteiger partial charge in [-0.1, -0.05) is 6.92 Å². The van der Waals surface area contributed by atoms with Crippen molar-refractivity contribution in [3.05, 3.63) is 5.21 Å². The van der Waals surface area contributed by atoms with Crippen molar-refractivity contribution in [2.75, 3.05) is 13.2 Å². The summed E-state index contributed by atoms with van der Waals surface area (Å²) in [7, 11) is 0. The Kier molecular flexibility index (Phi) is 15.8. The van der Waals surface area contributed by atoms with Crippen LogP contribution in [0.4, 0.5) is 0 Å². The van der Waals surface area contributed by atoms with Crippen molar-refractivity contribution in [1.82, 2.24) is 10.3 Å². The molecule has 1 saturated heterocycles. The molecule has 1 aliphatic rings. The van der Waals surface area contributed by atoms with Gasteiger partial charge in [-0.05, 0) is 59.8 Å². The van der Waals surface area contributed by atoms with Crippen LogP contribution in [0.3, 0.4) is 0 Å². The van der Waals surface area contributed by atoms with Crippen LogP contribution in [0.5, 0.6) is 0 Å². The zero-order valence-corrected chi connectivity index (χ0v) is 25.6. The van der Waals surface area contributed by atoms with Gasteiger partial charge in [-0.25, -0.2) is 14.8 Å². The lowest BCUT2D eigenvalue weighted by Gasteiger charge is -2.35. The Morgan fingerprint density at radius 1 is 0.721 bits per heavy atom. The Morgan fingerprint density at radius 3 is 1.58 bits per heavy atom. The highest BCUT2D eigenvalue weighted by Crippen LogP contribution is 2.22. The molecule has 1 aliphatic heterocycles. The van der Waals surface area contributed by atoms with Crippen LogP contribution in [0.2, 0.25) is 0 Å². The van der Waals surface area contributed by atoms with E-state index in [4.69, 9.17) is 19.0 Å². The molecule has 244 valence electrons. The standard InChI is InChI=1S/C28H43N2O13/c1-6-11-22(33)30(38)42-26(37)15-10-8-13-24(35)40-19-28(4,5)43-27(2,3)18-39-23(34)12-7-9-14-25(36)41-29-20(31)16-17-21(29)32/h6-19H2,1-5H3/q-1. The Labute approximate surface area is 250 Å². The topological polar surface area (TPSA) is 195 Å². The van der Waals surface area contributed by atoms with E-state index in [1.165, 1.54) is 0 Å². The van der Waals surface area contributed by atoms with Gasteiger partial charge in [0.05, 0.1) is 11.2 Å². The number of amides is 3. The van der Waals surface area contributed by atoms with Crippen LogP contribution < -0.4 is 0 Å². The number of esters is 2. The van der Waals surface area contributed by atoms with Crippen LogP contribution in [0.15, 0.2) is 0 Å². The van der Waals surface area contributed by atoms with Gasteiger partial charge in [0.15, 0.2) is 0 Å². The first-order chi connectivity index (χ1) is 20.0. The van der Waals surface area contributed by atoms with Crippen LogP contribution in [0.25, 0.3) is 0 Å². The Morgan fingerprint density at radius 2 is 1.14 bits per heavy atom. The van der Waals surface area contributed by atoms with Gasteiger partial charge in [0.1, 0.15) is 13.2 Å². The highest BCUT2D eigenvalue weighted by atomic mass is 16.9. The largest absolute Gasteiger partial charge is 0.721 e. The molecule has 3 amide bonds. The summed E-state index contributed by atoms with van der Waals surface area (Å²) >= 11 is 0. The smallest absolute Gasteiger partial charge is 0.333 e. The second kappa shape index (κ2) is 18.2. The summed E-state index contributed by atoms with van der Waals surface area (Å²) in [6, 6.07) is 0. The van der Waals surface area contributed by atoms with Crippen molar-refractivity contribution in [3.8, 4) is 0 Å². The van der Waals surface area contributed by atoms with E-state index in [-0.39, 0.29) is 69.8 Å². The number of unbranched alkanes of at least 4 members (excludes halogenated alkanes) is 2. The fourth-order valence-electron chi connectivity index (χ4n) is 3.84. The molecule has 0 spiro atoms. The van der Waals surface area contributed by atoms with E-state index in [1.807, 2.05) is 0 Å². The molecule has 0 bridgehead atoms. The number of hydrogen-bond acceptors (Lipinski definition) is 13. The van der Waals surface area contributed by atoms with Crippen LogP contribution in [0.1, 0.15) is 112 Å². The number of carbonyl (C=O) groups is 7.